The first-order valence-electron chi connectivity index (χ1n) is 5.49. The second-order valence-corrected chi connectivity index (χ2v) is 5.06. The van der Waals surface area contributed by atoms with Crippen molar-refractivity contribution in [2.45, 2.75) is 19.1 Å². The summed E-state index contributed by atoms with van der Waals surface area (Å²) >= 11 is 1.77. The van der Waals surface area contributed by atoms with Crippen LogP contribution in [0.25, 0.3) is 0 Å². The van der Waals surface area contributed by atoms with Crippen LogP contribution < -0.4 is 10.1 Å². The van der Waals surface area contributed by atoms with Crippen molar-refractivity contribution < 1.29 is 4.74 Å². The zero-order valence-electron chi connectivity index (χ0n) is 9.56. The van der Waals surface area contributed by atoms with Gasteiger partial charge in [-0.05, 0) is 19.1 Å². The predicted molar refractivity (Wildman–Crippen MR) is 70.6 cm³/mol. The molecule has 4 heteroatoms. The van der Waals surface area contributed by atoms with Gasteiger partial charge in [0.15, 0.2) is 5.17 Å². The molecular formula is C12H16N2OS. The second kappa shape index (κ2) is 5.25. The van der Waals surface area contributed by atoms with Crippen LogP contribution in [0.4, 0.5) is 5.69 Å². The Labute approximate surface area is 100 Å². The molecule has 2 rings (SSSR count). The van der Waals surface area contributed by atoms with E-state index in [9.17, 15) is 0 Å². The molecule has 0 saturated carbocycles. The topological polar surface area (TPSA) is 33.6 Å². The van der Waals surface area contributed by atoms with Crippen molar-refractivity contribution in [3.05, 3.63) is 24.3 Å². The molecule has 1 unspecified atom stereocenters. The van der Waals surface area contributed by atoms with Crippen molar-refractivity contribution in [1.29, 1.82) is 0 Å². The molecule has 0 amide bonds. The standard InChI is InChI=1S/C12H16N2OS/c1-3-15-11-7-5-4-6-10(11)14-12-13-8-9(2)16-12/h4-7,9H,3,8H2,1-2H3,(H,13,14). The number of nitrogens with zero attached hydrogens (tertiary/aromatic N) is 1. The number of thioether (sulfide) groups is 1. The number of rotatable bonds is 3. The number of ether oxygens (including phenoxy) is 1. The third kappa shape index (κ3) is 2.70. The van der Waals surface area contributed by atoms with Gasteiger partial charge in [-0.1, -0.05) is 30.8 Å². The molecule has 0 bridgehead atoms. The highest BCUT2D eigenvalue weighted by Crippen LogP contribution is 2.27. The minimum Gasteiger partial charge on any atom is -0.492 e. The van der Waals surface area contributed by atoms with Gasteiger partial charge in [-0.15, -0.1) is 0 Å². The molecule has 16 heavy (non-hydrogen) atoms. The Bertz CT molecular complexity index is 392. The molecule has 1 aromatic rings. The highest BCUT2D eigenvalue weighted by atomic mass is 32.2. The molecule has 1 aromatic carbocycles. The summed E-state index contributed by atoms with van der Waals surface area (Å²) in [5.41, 5.74) is 0.990. The van der Waals surface area contributed by atoms with Crippen LogP contribution in [0.2, 0.25) is 0 Å². The first-order chi connectivity index (χ1) is 7.79. The predicted octanol–water partition coefficient (Wildman–Crippen LogP) is 2.99. The Morgan fingerprint density at radius 2 is 2.31 bits per heavy atom. The van der Waals surface area contributed by atoms with Crippen LogP contribution in [0.15, 0.2) is 29.3 Å². The minimum absolute atomic E-state index is 0.571. The SMILES string of the molecule is CCOc1ccccc1NC1=NCC(C)S1. The summed E-state index contributed by atoms with van der Waals surface area (Å²) in [5.74, 6) is 0.882. The molecular weight excluding hydrogens is 220 g/mol. The summed E-state index contributed by atoms with van der Waals surface area (Å²) in [7, 11) is 0. The first kappa shape index (κ1) is 11.3. The fourth-order valence-corrected chi connectivity index (χ4v) is 2.36. The molecule has 3 nitrogen and oxygen atoms in total. The minimum atomic E-state index is 0.571. The number of para-hydroxylation sites is 2. The molecule has 0 fully saturated rings. The Balaban J connectivity index is 2.08. The van der Waals surface area contributed by atoms with E-state index in [1.54, 1.807) is 11.8 Å². The number of aliphatic imine (C=N–C) groups is 1. The molecule has 0 spiro atoms. The zero-order valence-corrected chi connectivity index (χ0v) is 10.4. The van der Waals surface area contributed by atoms with Gasteiger partial charge in [-0.3, -0.25) is 4.99 Å². The summed E-state index contributed by atoms with van der Waals surface area (Å²) < 4.78 is 5.55. The highest BCUT2D eigenvalue weighted by Gasteiger charge is 2.15. The molecule has 0 aromatic heterocycles. The van der Waals surface area contributed by atoms with E-state index in [1.165, 1.54) is 0 Å². The van der Waals surface area contributed by atoms with Gasteiger partial charge < -0.3 is 10.1 Å². The van der Waals surface area contributed by atoms with Crippen LogP contribution in [0, 0.1) is 0 Å². The molecule has 86 valence electrons. The fourth-order valence-electron chi connectivity index (χ4n) is 1.51. The molecule has 1 heterocycles. The van der Waals surface area contributed by atoms with E-state index in [0.29, 0.717) is 11.9 Å². The van der Waals surface area contributed by atoms with Gasteiger partial charge in [0.05, 0.1) is 18.8 Å². The van der Waals surface area contributed by atoms with E-state index in [0.717, 1.165) is 23.1 Å². The number of hydrogen-bond donors (Lipinski definition) is 1. The lowest BCUT2D eigenvalue weighted by Gasteiger charge is -2.11. The molecule has 1 aliphatic heterocycles. The van der Waals surface area contributed by atoms with Crippen LogP contribution in [0.3, 0.4) is 0 Å². The quantitative estimate of drug-likeness (QED) is 0.876. The maximum atomic E-state index is 5.55. The first-order valence-corrected chi connectivity index (χ1v) is 6.37. The normalized spacial score (nSPS) is 19.4. The van der Waals surface area contributed by atoms with Gasteiger partial charge in [-0.25, -0.2) is 0 Å². The van der Waals surface area contributed by atoms with Crippen molar-refractivity contribution in [2.24, 2.45) is 4.99 Å². The number of benzene rings is 1. The molecule has 0 saturated heterocycles. The Morgan fingerprint density at radius 1 is 1.50 bits per heavy atom. The van der Waals surface area contributed by atoms with Crippen LogP contribution in [-0.2, 0) is 0 Å². The molecule has 1 atom stereocenters. The molecule has 0 aliphatic carbocycles. The second-order valence-electron chi connectivity index (χ2n) is 3.63. The van der Waals surface area contributed by atoms with Crippen LogP contribution in [0.1, 0.15) is 13.8 Å². The third-order valence-electron chi connectivity index (χ3n) is 2.23. The lowest BCUT2D eigenvalue weighted by Crippen LogP contribution is -2.07. The summed E-state index contributed by atoms with van der Waals surface area (Å²) in [6, 6.07) is 7.95. The van der Waals surface area contributed by atoms with Crippen molar-refractivity contribution in [3.8, 4) is 5.75 Å². The van der Waals surface area contributed by atoms with Gasteiger partial charge in [0.1, 0.15) is 5.75 Å². The van der Waals surface area contributed by atoms with E-state index in [4.69, 9.17) is 4.74 Å². The third-order valence-corrected chi connectivity index (χ3v) is 3.24. The average molecular weight is 236 g/mol. The van der Waals surface area contributed by atoms with E-state index in [2.05, 4.69) is 17.2 Å². The van der Waals surface area contributed by atoms with E-state index >= 15 is 0 Å². The Morgan fingerprint density at radius 3 is 3.00 bits per heavy atom. The van der Waals surface area contributed by atoms with E-state index < -0.39 is 0 Å². The van der Waals surface area contributed by atoms with Crippen molar-refractivity contribution in [2.75, 3.05) is 18.5 Å². The van der Waals surface area contributed by atoms with Crippen molar-refractivity contribution in [3.63, 3.8) is 0 Å². The molecule has 0 radical (unpaired) electrons. The van der Waals surface area contributed by atoms with Gasteiger partial charge in [0, 0.05) is 5.25 Å². The van der Waals surface area contributed by atoms with E-state index in [1.807, 2.05) is 31.2 Å². The van der Waals surface area contributed by atoms with E-state index in [-0.39, 0.29) is 0 Å². The van der Waals surface area contributed by atoms with Gasteiger partial charge in [-0.2, -0.15) is 0 Å². The number of nitrogens with one attached hydrogen (secondary N) is 1. The summed E-state index contributed by atoms with van der Waals surface area (Å²) in [5, 5.41) is 4.87. The molecule has 1 aliphatic rings. The van der Waals surface area contributed by atoms with Gasteiger partial charge in [0.2, 0.25) is 0 Å². The zero-order chi connectivity index (χ0) is 11.4. The number of amidine groups is 1. The number of anilines is 1. The van der Waals surface area contributed by atoms with Gasteiger partial charge >= 0.3 is 0 Å². The summed E-state index contributed by atoms with van der Waals surface area (Å²) in [6.45, 7) is 5.73. The largest absolute Gasteiger partial charge is 0.492 e. The van der Waals surface area contributed by atoms with Crippen LogP contribution in [-0.4, -0.2) is 23.6 Å². The maximum Gasteiger partial charge on any atom is 0.161 e. The maximum absolute atomic E-state index is 5.55. The van der Waals surface area contributed by atoms with Crippen LogP contribution in [0.5, 0.6) is 5.75 Å². The average Bonchev–Trinajstić information content (AvgIpc) is 2.67. The highest BCUT2D eigenvalue weighted by molar-refractivity contribution is 8.15. The molecule has 1 N–H and O–H groups in total. The van der Waals surface area contributed by atoms with Gasteiger partial charge in [0.25, 0.3) is 0 Å². The Kier molecular flexibility index (Phi) is 3.72. The summed E-state index contributed by atoms with van der Waals surface area (Å²) in [6.07, 6.45) is 0. The Hall–Kier alpha value is -1.16. The monoisotopic (exact) mass is 236 g/mol. The lowest BCUT2D eigenvalue weighted by molar-refractivity contribution is 0.342. The lowest BCUT2D eigenvalue weighted by atomic mass is 10.3. The van der Waals surface area contributed by atoms with Crippen molar-refractivity contribution >= 4 is 22.6 Å². The fraction of sp³-hybridized carbons (Fsp3) is 0.417. The number of hydrogen-bond acceptors (Lipinski definition) is 4. The summed E-state index contributed by atoms with van der Waals surface area (Å²) in [4.78, 5) is 4.43. The van der Waals surface area contributed by atoms with Crippen LogP contribution >= 0.6 is 11.8 Å². The smallest absolute Gasteiger partial charge is 0.161 e. The van der Waals surface area contributed by atoms with Crippen molar-refractivity contribution in [1.82, 2.24) is 0 Å².